The van der Waals surface area contributed by atoms with Gasteiger partial charge in [0, 0.05) is 35.2 Å². The quantitative estimate of drug-likeness (QED) is 0.438. The first kappa shape index (κ1) is 16.4. The number of non-ortho nitro benzene ring substituents is 1. The minimum atomic E-state index is -1.59. The van der Waals surface area contributed by atoms with E-state index in [2.05, 4.69) is 4.74 Å². The van der Waals surface area contributed by atoms with Gasteiger partial charge in [-0.05, 0) is 12.1 Å². The highest BCUT2D eigenvalue weighted by Gasteiger charge is 2.17. The molecule has 25 heavy (non-hydrogen) atoms. The lowest BCUT2D eigenvalue weighted by molar-refractivity contribution is -0.384. The van der Waals surface area contributed by atoms with Crippen LogP contribution in [0.5, 0.6) is 5.88 Å². The summed E-state index contributed by atoms with van der Waals surface area (Å²) in [5.41, 5.74) is 0.331. The Morgan fingerprint density at radius 3 is 2.60 bits per heavy atom. The van der Waals surface area contributed by atoms with Crippen molar-refractivity contribution in [3.63, 3.8) is 0 Å². The van der Waals surface area contributed by atoms with E-state index in [1.807, 2.05) is 0 Å². The van der Waals surface area contributed by atoms with Crippen LogP contribution in [0, 0.1) is 21.7 Å². The van der Waals surface area contributed by atoms with E-state index in [4.69, 9.17) is 5.11 Å². The Labute approximate surface area is 138 Å². The van der Waals surface area contributed by atoms with E-state index < -0.39 is 22.7 Å². The Morgan fingerprint density at radius 2 is 1.96 bits per heavy atom. The second kappa shape index (κ2) is 6.19. The lowest BCUT2D eigenvalue weighted by atomic mass is 10.2. The van der Waals surface area contributed by atoms with E-state index in [1.54, 1.807) is 0 Å². The Morgan fingerprint density at radius 1 is 1.20 bits per heavy atom. The number of nitro groups is 1. The number of rotatable bonds is 4. The summed E-state index contributed by atoms with van der Waals surface area (Å²) in [6, 6.07) is 8.22. The van der Waals surface area contributed by atoms with E-state index in [0.29, 0.717) is 17.0 Å². The van der Waals surface area contributed by atoms with E-state index in [1.165, 1.54) is 34.9 Å². The van der Waals surface area contributed by atoms with Gasteiger partial charge in [-0.2, -0.15) is 0 Å². The van der Waals surface area contributed by atoms with Crippen molar-refractivity contribution in [3.8, 4) is 5.88 Å². The fraction of sp³-hybridized carbons (Fsp3) is 0.0625. The van der Waals surface area contributed by atoms with Crippen LogP contribution in [0.2, 0.25) is 0 Å². The zero-order valence-corrected chi connectivity index (χ0v) is 12.5. The molecule has 1 aromatic heterocycles. The molecule has 1 N–H and O–H groups in total. The molecular weight excluding hydrogens is 338 g/mol. The Bertz CT molecular complexity index is 1000. The molecule has 0 amide bonds. The molecule has 0 fully saturated rings. The van der Waals surface area contributed by atoms with Crippen molar-refractivity contribution in [3.05, 3.63) is 69.8 Å². The smallest absolute Gasteiger partial charge is 0.449 e. The van der Waals surface area contributed by atoms with Gasteiger partial charge in [0.25, 0.3) is 5.69 Å². The molecule has 0 unspecified atom stereocenters. The van der Waals surface area contributed by atoms with Gasteiger partial charge in [0.1, 0.15) is 11.6 Å². The van der Waals surface area contributed by atoms with Crippen molar-refractivity contribution < 1.29 is 28.3 Å². The minimum Gasteiger partial charge on any atom is -0.449 e. The number of carboxylic acid groups (broad SMARTS) is 1. The monoisotopic (exact) mass is 348 g/mol. The SMILES string of the molecule is O=C(O)Oc1cc2cc([N+](=O)[O-])ccc2n1Cc1ccc(F)cc1F. The summed E-state index contributed by atoms with van der Waals surface area (Å²) < 4.78 is 33.0. The van der Waals surface area contributed by atoms with Crippen molar-refractivity contribution in [2.24, 2.45) is 0 Å². The minimum absolute atomic E-state index is 0.104. The van der Waals surface area contributed by atoms with E-state index in [-0.39, 0.29) is 23.7 Å². The van der Waals surface area contributed by atoms with Crippen molar-refractivity contribution in [2.45, 2.75) is 6.54 Å². The van der Waals surface area contributed by atoms with Gasteiger partial charge >= 0.3 is 6.16 Å². The molecule has 3 rings (SSSR count). The molecule has 0 aliphatic heterocycles. The third kappa shape index (κ3) is 3.25. The molecule has 0 saturated heterocycles. The highest BCUT2D eigenvalue weighted by atomic mass is 19.1. The lowest BCUT2D eigenvalue weighted by Gasteiger charge is -2.10. The molecule has 3 aromatic rings. The predicted molar refractivity (Wildman–Crippen MR) is 82.7 cm³/mol. The number of hydrogen-bond donors (Lipinski definition) is 1. The summed E-state index contributed by atoms with van der Waals surface area (Å²) in [6.07, 6.45) is -1.59. The first-order valence-corrected chi connectivity index (χ1v) is 6.97. The number of nitro benzene ring substituents is 1. The fourth-order valence-corrected chi connectivity index (χ4v) is 2.50. The molecule has 0 radical (unpaired) electrons. The number of carbonyl (C=O) groups is 1. The number of hydrogen-bond acceptors (Lipinski definition) is 4. The number of nitrogens with zero attached hydrogens (tertiary/aromatic N) is 2. The number of benzene rings is 2. The van der Waals surface area contributed by atoms with Crippen LogP contribution in [0.25, 0.3) is 10.9 Å². The van der Waals surface area contributed by atoms with Gasteiger partial charge in [0.2, 0.25) is 5.88 Å². The average Bonchev–Trinajstić information content (AvgIpc) is 2.85. The van der Waals surface area contributed by atoms with Crippen molar-refractivity contribution >= 4 is 22.7 Å². The molecule has 0 saturated carbocycles. The van der Waals surface area contributed by atoms with Crippen LogP contribution in [0.4, 0.5) is 19.3 Å². The summed E-state index contributed by atoms with van der Waals surface area (Å²) in [4.78, 5) is 21.2. The molecule has 0 atom stereocenters. The van der Waals surface area contributed by atoms with Gasteiger partial charge in [0.15, 0.2) is 0 Å². The summed E-state index contributed by atoms with van der Waals surface area (Å²) in [5.74, 6) is -1.67. The molecule has 1 heterocycles. The Balaban J connectivity index is 2.13. The number of aromatic nitrogens is 1. The first-order valence-electron chi connectivity index (χ1n) is 6.97. The number of halogens is 2. The van der Waals surface area contributed by atoms with Gasteiger partial charge in [-0.3, -0.25) is 10.1 Å². The Hall–Kier alpha value is -3.49. The van der Waals surface area contributed by atoms with Gasteiger partial charge < -0.3 is 14.4 Å². The number of ether oxygens (including phenoxy) is 1. The maximum Gasteiger partial charge on any atom is 0.512 e. The summed E-state index contributed by atoms with van der Waals surface area (Å²) >= 11 is 0. The second-order valence-electron chi connectivity index (χ2n) is 5.17. The van der Waals surface area contributed by atoms with Crippen molar-refractivity contribution in [2.75, 3.05) is 0 Å². The van der Waals surface area contributed by atoms with Gasteiger partial charge in [-0.25, -0.2) is 13.6 Å². The highest BCUT2D eigenvalue weighted by molar-refractivity contribution is 5.85. The largest absolute Gasteiger partial charge is 0.512 e. The summed E-state index contributed by atoms with van der Waals surface area (Å²) in [7, 11) is 0. The van der Waals surface area contributed by atoms with Gasteiger partial charge in [0.05, 0.1) is 17.0 Å². The molecule has 9 heteroatoms. The first-order chi connectivity index (χ1) is 11.8. The van der Waals surface area contributed by atoms with Crippen LogP contribution in [0.3, 0.4) is 0 Å². The molecule has 0 aliphatic carbocycles. The van der Waals surface area contributed by atoms with E-state index in [9.17, 15) is 23.7 Å². The van der Waals surface area contributed by atoms with Crippen LogP contribution in [-0.2, 0) is 6.54 Å². The molecular formula is C16H10F2N2O5. The van der Waals surface area contributed by atoms with Crippen LogP contribution >= 0.6 is 0 Å². The van der Waals surface area contributed by atoms with Crippen molar-refractivity contribution in [1.29, 1.82) is 0 Å². The average molecular weight is 348 g/mol. The highest BCUT2D eigenvalue weighted by Crippen LogP contribution is 2.30. The van der Waals surface area contributed by atoms with Crippen LogP contribution < -0.4 is 4.74 Å². The van der Waals surface area contributed by atoms with Crippen LogP contribution in [0.15, 0.2) is 42.5 Å². The van der Waals surface area contributed by atoms with Crippen molar-refractivity contribution in [1.82, 2.24) is 4.57 Å². The fourth-order valence-electron chi connectivity index (χ4n) is 2.50. The maximum absolute atomic E-state index is 13.9. The van der Waals surface area contributed by atoms with Gasteiger partial charge in [-0.15, -0.1) is 0 Å². The molecule has 7 nitrogen and oxygen atoms in total. The molecule has 0 bridgehead atoms. The predicted octanol–water partition coefficient (Wildman–Crippen LogP) is 3.93. The lowest BCUT2D eigenvalue weighted by Crippen LogP contribution is -2.10. The Kier molecular flexibility index (Phi) is 4.05. The molecule has 128 valence electrons. The van der Waals surface area contributed by atoms with E-state index in [0.717, 1.165) is 6.07 Å². The zero-order chi connectivity index (χ0) is 18.1. The maximum atomic E-state index is 13.9. The number of fused-ring (bicyclic) bond motifs is 1. The van der Waals surface area contributed by atoms with Crippen LogP contribution in [0.1, 0.15) is 5.56 Å². The third-order valence-corrected chi connectivity index (χ3v) is 3.59. The topological polar surface area (TPSA) is 94.6 Å². The van der Waals surface area contributed by atoms with Gasteiger partial charge in [-0.1, -0.05) is 6.07 Å². The molecule has 0 aliphatic rings. The second-order valence-corrected chi connectivity index (χ2v) is 5.17. The summed E-state index contributed by atoms with van der Waals surface area (Å²) in [6.45, 7) is -0.143. The standard InChI is InChI=1S/C16H10F2N2O5/c17-11-2-1-9(13(18)7-11)8-19-14-4-3-12(20(23)24)5-10(14)6-15(19)25-16(21)22/h1-7H,8H2,(H,21,22). The normalized spacial score (nSPS) is 10.8. The third-order valence-electron chi connectivity index (χ3n) is 3.59. The van der Waals surface area contributed by atoms with Crippen LogP contribution in [-0.4, -0.2) is 20.8 Å². The summed E-state index contributed by atoms with van der Waals surface area (Å²) in [5, 5.41) is 20.1. The zero-order valence-electron chi connectivity index (χ0n) is 12.5. The molecule has 2 aromatic carbocycles. The van der Waals surface area contributed by atoms with E-state index >= 15 is 0 Å². The molecule has 0 spiro atoms.